The van der Waals surface area contributed by atoms with Crippen LogP contribution in [-0.2, 0) is 4.74 Å². The van der Waals surface area contributed by atoms with Crippen molar-refractivity contribution in [3.8, 4) is 33.6 Å². The van der Waals surface area contributed by atoms with E-state index in [-0.39, 0.29) is 0 Å². The first-order chi connectivity index (χ1) is 24.3. The maximum atomic E-state index is 6.33. The first-order valence-electron chi connectivity index (χ1n) is 16.8. The molecule has 1 aliphatic heterocycles. The zero-order chi connectivity index (χ0) is 32.6. The summed E-state index contributed by atoms with van der Waals surface area (Å²) in [6.45, 7) is 0. The highest BCUT2D eigenvalue weighted by molar-refractivity contribution is 6.18. The average molecular weight is 632 g/mol. The van der Waals surface area contributed by atoms with Gasteiger partial charge in [-0.2, -0.15) is 0 Å². The van der Waals surface area contributed by atoms with Crippen molar-refractivity contribution in [1.29, 1.82) is 0 Å². The van der Waals surface area contributed by atoms with Gasteiger partial charge in [0.15, 0.2) is 0 Å². The maximum Gasteiger partial charge on any atom is 0.240 e. The predicted octanol–water partition coefficient (Wildman–Crippen LogP) is 11.1. The average Bonchev–Trinajstić information content (AvgIpc) is 3.69. The molecular formula is C45H33N3O. The molecule has 0 radical (unpaired) electrons. The topological polar surface area (TPSA) is 46.5 Å². The van der Waals surface area contributed by atoms with Crippen LogP contribution in [0, 0.1) is 0 Å². The number of allylic oxidation sites excluding steroid dienone is 4. The summed E-state index contributed by atoms with van der Waals surface area (Å²) in [6, 6.07) is 51.0. The second kappa shape index (κ2) is 12.4. The van der Waals surface area contributed by atoms with Crippen molar-refractivity contribution in [3.05, 3.63) is 181 Å². The minimum absolute atomic E-state index is 0.426. The smallest absolute Gasteiger partial charge is 0.240 e. The Labute approximate surface area is 285 Å². The molecule has 1 N–H and O–H groups in total. The minimum atomic E-state index is -0.426. The van der Waals surface area contributed by atoms with Crippen LogP contribution < -0.4 is 5.43 Å². The lowest BCUT2D eigenvalue weighted by molar-refractivity contribution is 0.192. The van der Waals surface area contributed by atoms with E-state index in [1.54, 1.807) is 0 Å². The van der Waals surface area contributed by atoms with Gasteiger partial charge in [0.25, 0.3) is 0 Å². The van der Waals surface area contributed by atoms with Crippen LogP contribution in [0.3, 0.4) is 0 Å². The molecule has 1 aromatic heterocycles. The van der Waals surface area contributed by atoms with Gasteiger partial charge < -0.3 is 4.74 Å². The van der Waals surface area contributed by atoms with E-state index in [1.807, 2.05) is 48.5 Å². The van der Waals surface area contributed by atoms with E-state index in [0.717, 1.165) is 46.5 Å². The molecule has 49 heavy (non-hydrogen) atoms. The SMILES string of the molecule is C1=CCCC(c2c3ccccc3c(-c3ccc(-c4cc(C5NN=C(c6ccccc6)O5)cc(-c5ccccc5)n4)cc3)c3ccccc23)=C1. The van der Waals surface area contributed by atoms with Crippen molar-refractivity contribution in [2.24, 2.45) is 5.10 Å². The Hall–Kier alpha value is -6.26. The molecule has 0 spiro atoms. The lowest BCUT2D eigenvalue weighted by atomic mass is 9.84. The number of ether oxygens (including phenoxy) is 1. The monoisotopic (exact) mass is 631 g/mol. The van der Waals surface area contributed by atoms with E-state index in [9.17, 15) is 0 Å². The van der Waals surface area contributed by atoms with Crippen molar-refractivity contribution >= 4 is 33.0 Å². The zero-order valence-corrected chi connectivity index (χ0v) is 26.9. The lowest BCUT2D eigenvalue weighted by Gasteiger charge is -2.20. The molecule has 0 saturated heterocycles. The predicted molar refractivity (Wildman–Crippen MR) is 202 cm³/mol. The van der Waals surface area contributed by atoms with Gasteiger partial charge in [-0.3, -0.25) is 5.43 Å². The molecule has 2 heterocycles. The van der Waals surface area contributed by atoms with E-state index in [4.69, 9.17) is 9.72 Å². The van der Waals surface area contributed by atoms with E-state index >= 15 is 0 Å². The quantitative estimate of drug-likeness (QED) is 0.186. The van der Waals surface area contributed by atoms with Gasteiger partial charge in [0.05, 0.1) is 11.4 Å². The molecule has 2 aliphatic rings. The summed E-state index contributed by atoms with van der Waals surface area (Å²) < 4.78 is 6.33. The molecule has 4 heteroatoms. The maximum absolute atomic E-state index is 6.33. The standard InChI is InChI=1S/C45H33N3O/c1-4-14-30(15-5-1)40-28-35(45-48-47-44(49-45)34-18-8-3-9-19-34)29-41(46-40)31-24-26-33(27-25-31)43-38-22-12-10-20-36(38)42(32-16-6-2-7-17-32)37-21-11-13-23-39(37)43/h1-6,8-16,18-29,45,48H,7,17H2. The van der Waals surface area contributed by atoms with Crippen LogP contribution in [0.2, 0.25) is 0 Å². The molecule has 0 saturated carbocycles. The molecule has 0 fully saturated rings. The molecule has 1 atom stereocenters. The summed E-state index contributed by atoms with van der Waals surface area (Å²) in [4.78, 5) is 5.16. The van der Waals surface area contributed by atoms with Crippen molar-refractivity contribution in [1.82, 2.24) is 10.4 Å². The Morgan fingerprint density at radius 2 is 1.08 bits per heavy atom. The second-order valence-electron chi connectivity index (χ2n) is 12.5. The molecule has 6 aromatic carbocycles. The van der Waals surface area contributed by atoms with Crippen LogP contribution in [0.5, 0.6) is 0 Å². The van der Waals surface area contributed by atoms with E-state index in [2.05, 4.69) is 126 Å². The Kier molecular flexibility index (Phi) is 7.32. The number of hydrogen-bond acceptors (Lipinski definition) is 4. The van der Waals surface area contributed by atoms with E-state index in [0.29, 0.717) is 5.90 Å². The highest BCUT2D eigenvalue weighted by Crippen LogP contribution is 2.43. The summed E-state index contributed by atoms with van der Waals surface area (Å²) in [6.07, 6.45) is 8.44. The number of rotatable bonds is 6. The summed E-state index contributed by atoms with van der Waals surface area (Å²) in [5.41, 5.74) is 14.1. The summed E-state index contributed by atoms with van der Waals surface area (Å²) in [7, 11) is 0. The molecule has 234 valence electrons. The van der Waals surface area contributed by atoms with Gasteiger partial charge in [-0.15, -0.1) is 5.10 Å². The van der Waals surface area contributed by atoms with Gasteiger partial charge in [-0.25, -0.2) is 4.98 Å². The third-order valence-electron chi connectivity index (χ3n) is 9.49. The number of benzene rings is 6. The van der Waals surface area contributed by atoms with Gasteiger partial charge >= 0.3 is 0 Å². The number of nitrogens with one attached hydrogen (secondary N) is 1. The molecule has 4 nitrogen and oxygen atoms in total. The van der Waals surface area contributed by atoms with Crippen molar-refractivity contribution in [2.75, 3.05) is 0 Å². The van der Waals surface area contributed by atoms with Crippen LogP contribution in [0.25, 0.3) is 60.8 Å². The summed E-state index contributed by atoms with van der Waals surface area (Å²) >= 11 is 0. The van der Waals surface area contributed by atoms with Gasteiger partial charge in [0.2, 0.25) is 12.1 Å². The number of nitrogens with zero attached hydrogens (tertiary/aromatic N) is 2. The van der Waals surface area contributed by atoms with Crippen molar-refractivity contribution < 1.29 is 4.74 Å². The third-order valence-corrected chi connectivity index (χ3v) is 9.49. The number of aromatic nitrogens is 1. The Morgan fingerprint density at radius 3 is 1.67 bits per heavy atom. The molecule has 9 rings (SSSR count). The molecule has 1 aliphatic carbocycles. The highest BCUT2D eigenvalue weighted by Gasteiger charge is 2.24. The second-order valence-corrected chi connectivity index (χ2v) is 12.5. The van der Waals surface area contributed by atoms with Crippen LogP contribution in [0.1, 0.15) is 35.8 Å². The highest BCUT2D eigenvalue weighted by atomic mass is 16.5. The Bertz CT molecular complexity index is 2370. The molecule has 7 aromatic rings. The summed E-state index contributed by atoms with van der Waals surface area (Å²) in [5, 5.41) is 9.65. The molecule has 0 amide bonds. The van der Waals surface area contributed by atoms with Crippen LogP contribution in [0.4, 0.5) is 0 Å². The molecule has 0 bridgehead atoms. The summed E-state index contributed by atoms with van der Waals surface area (Å²) in [5.74, 6) is 0.580. The Morgan fingerprint density at radius 1 is 0.551 bits per heavy atom. The zero-order valence-electron chi connectivity index (χ0n) is 26.9. The minimum Gasteiger partial charge on any atom is -0.446 e. The first kappa shape index (κ1) is 28.9. The fourth-order valence-corrected chi connectivity index (χ4v) is 7.15. The Balaban J connectivity index is 1.14. The normalized spacial score (nSPS) is 15.5. The van der Waals surface area contributed by atoms with Gasteiger partial charge in [-0.05, 0) is 80.9 Å². The fourth-order valence-electron chi connectivity index (χ4n) is 7.15. The van der Waals surface area contributed by atoms with E-state index < -0.39 is 6.23 Å². The number of fused-ring (bicyclic) bond motifs is 2. The van der Waals surface area contributed by atoms with E-state index in [1.165, 1.54) is 43.8 Å². The van der Waals surface area contributed by atoms with Gasteiger partial charge in [0, 0.05) is 22.3 Å². The third kappa shape index (κ3) is 5.38. The van der Waals surface area contributed by atoms with Crippen molar-refractivity contribution in [3.63, 3.8) is 0 Å². The van der Waals surface area contributed by atoms with Crippen LogP contribution >= 0.6 is 0 Å². The molecule has 1 unspecified atom stereocenters. The number of hydrazone groups is 1. The van der Waals surface area contributed by atoms with Crippen LogP contribution in [-0.4, -0.2) is 10.9 Å². The fraction of sp³-hybridized carbons (Fsp3) is 0.0667. The number of hydrogen-bond donors (Lipinski definition) is 1. The number of pyridine rings is 1. The van der Waals surface area contributed by atoms with Crippen LogP contribution in [0.15, 0.2) is 169 Å². The lowest BCUT2D eigenvalue weighted by Crippen LogP contribution is -2.13. The first-order valence-corrected chi connectivity index (χ1v) is 16.8. The van der Waals surface area contributed by atoms with Gasteiger partial charge in [0.1, 0.15) is 0 Å². The largest absolute Gasteiger partial charge is 0.446 e. The van der Waals surface area contributed by atoms with Gasteiger partial charge in [-0.1, -0.05) is 140 Å². The van der Waals surface area contributed by atoms with Crippen molar-refractivity contribution in [2.45, 2.75) is 19.1 Å². The molecular weight excluding hydrogens is 599 g/mol.